The van der Waals surface area contributed by atoms with Crippen LogP contribution in [0.25, 0.3) is 6.08 Å². The number of halogens is 2. The van der Waals surface area contributed by atoms with Gasteiger partial charge in [-0.3, -0.25) is 4.79 Å². The van der Waals surface area contributed by atoms with Crippen molar-refractivity contribution in [2.24, 2.45) is 0 Å². The van der Waals surface area contributed by atoms with Gasteiger partial charge in [0.05, 0.1) is 9.93 Å². The number of hydrogen-bond donors (Lipinski definition) is 2. The molecule has 0 saturated carbocycles. The second-order valence-corrected chi connectivity index (χ2v) is 6.86. The van der Waals surface area contributed by atoms with E-state index < -0.39 is 5.82 Å². The number of amides is 1. The maximum Gasteiger partial charge on any atom is 0.260 e. The molecule has 6 heteroatoms. The van der Waals surface area contributed by atoms with Crippen LogP contribution in [0, 0.1) is 5.82 Å². The van der Waals surface area contributed by atoms with Gasteiger partial charge in [0, 0.05) is 11.3 Å². The molecule has 1 aliphatic rings. The zero-order valence-electron chi connectivity index (χ0n) is 13.0. The first-order valence-corrected chi connectivity index (χ1v) is 8.81. The van der Waals surface area contributed by atoms with Crippen LogP contribution in [-0.2, 0) is 11.2 Å². The smallest absolute Gasteiger partial charge is 0.260 e. The monoisotopic (exact) mass is 362 g/mol. The highest BCUT2D eigenvalue weighted by atomic mass is 35.5. The van der Waals surface area contributed by atoms with Gasteiger partial charge in [-0.05, 0) is 42.3 Å². The highest BCUT2D eigenvalue weighted by Crippen LogP contribution is 2.32. The van der Waals surface area contributed by atoms with E-state index in [4.69, 9.17) is 11.6 Å². The summed E-state index contributed by atoms with van der Waals surface area (Å²) < 4.78 is 13.9. The lowest BCUT2D eigenvalue weighted by Gasteiger charge is -2.12. The molecule has 1 heterocycles. The van der Waals surface area contributed by atoms with Crippen molar-refractivity contribution in [3.05, 3.63) is 69.3 Å². The van der Waals surface area contributed by atoms with Crippen molar-refractivity contribution < 1.29 is 9.18 Å². The number of aryl methyl sites for hydroxylation is 1. The van der Waals surface area contributed by atoms with E-state index in [2.05, 4.69) is 17.6 Å². The summed E-state index contributed by atoms with van der Waals surface area (Å²) in [5.41, 5.74) is 2.08. The van der Waals surface area contributed by atoms with Crippen LogP contribution in [0.15, 0.2) is 47.4 Å². The summed E-state index contributed by atoms with van der Waals surface area (Å²) in [5, 5.41) is 6.33. The number of nitrogens with one attached hydrogen (secondary N) is 2. The van der Waals surface area contributed by atoms with Crippen LogP contribution in [0.4, 0.5) is 10.1 Å². The first-order valence-electron chi connectivity index (χ1n) is 7.55. The van der Waals surface area contributed by atoms with Crippen molar-refractivity contribution in [2.75, 3.05) is 5.32 Å². The fourth-order valence-electron chi connectivity index (χ4n) is 2.33. The van der Waals surface area contributed by atoms with E-state index >= 15 is 0 Å². The molecule has 0 aromatic heterocycles. The lowest BCUT2D eigenvalue weighted by atomic mass is 10.1. The van der Waals surface area contributed by atoms with Gasteiger partial charge in [-0.15, -0.1) is 0 Å². The minimum absolute atomic E-state index is 0.227. The lowest BCUT2D eigenvalue weighted by molar-refractivity contribution is -0.116. The van der Waals surface area contributed by atoms with Crippen LogP contribution in [0.5, 0.6) is 0 Å². The number of rotatable bonds is 4. The normalized spacial score (nSPS) is 18.7. The van der Waals surface area contributed by atoms with Crippen LogP contribution in [0.2, 0.25) is 5.02 Å². The van der Waals surface area contributed by atoms with Gasteiger partial charge in [-0.25, -0.2) is 4.39 Å². The van der Waals surface area contributed by atoms with Gasteiger partial charge in [0.15, 0.2) is 5.50 Å². The third kappa shape index (κ3) is 3.74. The predicted octanol–water partition coefficient (Wildman–Crippen LogP) is 4.64. The maximum atomic E-state index is 13.9. The lowest BCUT2D eigenvalue weighted by Crippen LogP contribution is -2.30. The average Bonchev–Trinajstić information content (AvgIpc) is 2.91. The first-order chi connectivity index (χ1) is 11.6. The van der Waals surface area contributed by atoms with Crippen molar-refractivity contribution in [3.63, 3.8) is 0 Å². The molecule has 0 radical (unpaired) electrons. The van der Waals surface area contributed by atoms with E-state index in [9.17, 15) is 9.18 Å². The van der Waals surface area contributed by atoms with E-state index in [0.717, 1.165) is 12.1 Å². The van der Waals surface area contributed by atoms with Crippen molar-refractivity contribution >= 4 is 41.0 Å². The molecular formula is C18H16ClFN2OS. The fourth-order valence-corrected chi connectivity index (χ4v) is 3.52. The Bertz CT molecular complexity index is 772. The Kier molecular flexibility index (Phi) is 5.11. The summed E-state index contributed by atoms with van der Waals surface area (Å²) in [6.07, 6.45) is 2.46. The van der Waals surface area contributed by atoms with Gasteiger partial charge in [-0.2, -0.15) is 0 Å². The number of hydrogen-bond acceptors (Lipinski definition) is 3. The zero-order valence-corrected chi connectivity index (χ0v) is 14.5. The summed E-state index contributed by atoms with van der Waals surface area (Å²) in [4.78, 5) is 12.5. The number of carbonyl (C=O) groups excluding carboxylic acids is 1. The van der Waals surface area contributed by atoms with Gasteiger partial charge in [0.1, 0.15) is 5.82 Å². The molecule has 2 aromatic rings. The van der Waals surface area contributed by atoms with Gasteiger partial charge in [0.25, 0.3) is 5.91 Å². The zero-order chi connectivity index (χ0) is 17.1. The van der Waals surface area contributed by atoms with Crippen LogP contribution < -0.4 is 10.6 Å². The molecule has 3 nitrogen and oxygen atoms in total. The minimum Gasteiger partial charge on any atom is -0.357 e. The predicted molar refractivity (Wildman–Crippen MR) is 98.4 cm³/mol. The fraction of sp³-hybridized carbons (Fsp3) is 0.167. The molecule has 0 bridgehead atoms. The number of carbonyl (C=O) groups is 1. The van der Waals surface area contributed by atoms with Crippen LogP contribution in [-0.4, -0.2) is 11.4 Å². The Balaban J connectivity index is 1.74. The molecule has 2 aromatic carbocycles. The Hall–Kier alpha value is -1.98. The molecule has 1 aliphatic heterocycles. The molecular weight excluding hydrogens is 347 g/mol. The molecule has 1 saturated heterocycles. The van der Waals surface area contributed by atoms with Crippen LogP contribution >= 0.6 is 23.4 Å². The molecule has 3 rings (SSSR count). The molecule has 24 heavy (non-hydrogen) atoms. The van der Waals surface area contributed by atoms with E-state index in [-0.39, 0.29) is 22.0 Å². The molecule has 1 fully saturated rings. The molecule has 1 atom stereocenters. The van der Waals surface area contributed by atoms with Gasteiger partial charge < -0.3 is 10.6 Å². The molecule has 0 aliphatic carbocycles. The summed E-state index contributed by atoms with van der Waals surface area (Å²) in [5.74, 6) is -0.697. The SMILES string of the molecule is CCc1ccc(N[C@@H]2NC(=O)/C(=C/c3c(F)cccc3Cl)S2)cc1. The maximum absolute atomic E-state index is 13.9. The Morgan fingerprint density at radius 1 is 1.29 bits per heavy atom. The largest absolute Gasteiger partial charge is 0.357 e. The van der Waals surface area contributed by atoms with E-state index in [0.29, 0.717) is 4.91 Å². The molecule has 0 unspecified atom stereocenters. The third-order valence-electron chi connectivity index (χ3n) is 3.67. The Morgan fingerprint density at radius 3 is 2.71 bits per heavy atom. The second-order valence-electron chi connectivity index (χ2n) is 5.31. The Morgan fingerprint density at radius 2 is 2.04 bits per heavy atom. The summed E-state index contributed by atoms with van der Waals surface area (Å²) in [6.45, 7) is 2.10. The van der Waals surface area contributed by atoms with E-state index in [1.165, 1.54) is 35.5 Å². The van der Waals surface area contributed by atoms with E-state index in [1.54, 1.807) is 6.07 Å². The first kappa shape index (κ1) is 16.9. The standard InChI is InChI=1S/C18H16ClFN2OS/c1-2-11-6-8-12(9-7-11)21-18-22-17(23)16(24-18)10-13-14(19)4-3-5-15(13)20/h3-10,18,21H,2H2,1H3,(H,22,23)/b16-10-/t18-/m1/s1. The molecule has 0 spiro atoms. The number of anilines is 1. The highest BCUT2D eigenvalue weighted by molar-refractivity contribution is 8.05. The van der Waals surface area contributed by atoms with Crippen molar-refractivity contribution in [2.45, 2.75) is 18.8 Å². The van der Waals surface area contributed by atoms with Gasteiger partial charge in [-0.1, -0.05) is 48.5 Å². The quantitative estimate of drug-likeness (QED) is 0.778. The van der Waals surface area contributed by atoms with Crippen LogP contribution in [0.3, 0.4) is 0 Å². The summed E-state index contributed by atoms with van der Waals surface area (Å²) in [7, 11) is 0. The Labute approximate surface area is 149 Å². The second kappa shape index (κ2) is 7.28. The van der Waals surface area contributed by atoms with Crippen molar-refractivity contribution in [1.82, 2.24) is 5.32 Å². The highest BCUT2D eigenvalue weighted by Gasteiger charge is 2.27. The molecule has 124 valence electrons. The molecule has 2 N–H and O–H groups in total. The van der Waals surface area contributed by atoms with Crippen LogP contribution in [0.1, 0.15) is 18.1 Å². The summed E-state index contributed by atoms with van der Waals surface area (Å²) in [6, 6.07) is 12.5. The minimum atomic E-state index is -0.449. The topological polar surface area (TPSA) is 41.1 Å². The van der Waals surface area contributed by atoms with Crippen molar-refractivity contribution in [3.8, 4) is 0 Å². The van der Waals surface area contributed by atoms with Gasteiger partial charge >= 0.3 is 0 Å². The molecule has 1 amide bonds. The third-order valence-corrected chi connectivity index (χ3v) is 5.02. The average molecular weight is 363 g/mol. The summed E-state index contributed by atoms with van der Waals surface area (Å²) >= 11 is 7.31. The number of thioether (sulfide) groups is 1. The van der Waals surface area contributed by atoms with Gasteiger partial charge in [0.2, 0.25) is 0 Å². The van der Waals surface area contributed by atoms with E-state index in [1.807, 2.05) is 24.3 Å². The number of benzene rings is 2. The van der Waals surface area contributed by atoms with Crippen molar-refractivity contribution in [1.29, 1.82) is 0 Å².